The Morgan fingerprint density at radius 2 is 2.05 bits per heavy atom. The predicted molar refractivity (Wildman–Crippen MR) is 85.2 cm³/mol. The van der Waals surface area contributed by atoms with Crippen LogP contribution in [0.5, 0.6) is 0 Å². The van der Waals surface area contributed by atoms with Crippen LogP contribution in [0.25, 0.3) is 0 Å². The molecule has 1 aromatic carbocycles. The van der Waals surface area contributed by atoms with Crippen LogP contribution in [-0.4, -0.2) is 23.7 Å². The number of carbonyl (C=O) groups is 1. The van der Waals surface area contributed by atoms with Crippen molar-refractivity contribution in [2.45, 2.75) is 58.0 Å². The highest BCUT2D eigenvalue weighted by Crippen LogP contribution is 2.26. The van der Waals surface area contributed by atoms with Gasteiger partial charge in [0.1, 0.15) is 0 Å². The monoisotopic (exact) mass is 289 g/mol. The number of hydrogen-bond acceptors (Lipinski definition) is 2. The third-order valence-corrected chi connectivity index (χ3v) is 4.65. The second-order valence-corrected chi connectivity index (χ2v) is 6.28. The van der Waals surface area contributed by atoms with Crippen LogP contribution in [0.2, 0.25) is 0 Å². The molecule has 0 radical (unpaired) electrons. The highest BCUT2D eigenvalue weighted by molar-refractivity contribution is 5.76. The van der Waals surface area contributed by atoms with Crippen molar-refractivity contribution in [3.63, 3.8) is 0 Å². The molecule has 1 saturated carbocycles. The summed E-state index contributed by atoms with van der Waals surface area (Å²) in [5.74, 6) is 0.619. The molecule has 1 aliphatic carbocycles. The van der Waals surface area contributed by atoms with E-state index in [2.05, 4.69) is 43.4 Å². The lowest BCUT2D eigenvalue weighted by molar-refractivity contribution is -0.121. The predicted octanol–water partition coefficient (Wildman–Crippen LogP) is 3.16. The zero-order valence-corrected chi connectivity index (χ0v) is 13.1. The first-order valence-corrected chi connectivity index (χ1v) is 8.11. The van der Waals surface area contributed by atoms with Gasteiger partial charge in [-0.3, -0.25) is 4.79 Å². The molecule has 1 aliphatic rings. The zero-order chi connectivity index (χ0) is 15.2. The molecule has 3 unspecified atom stereocenters. The van der Waals surface area contributed by atoms with E-state index in [1.165, 1.54) is 11.1 Å². The molecule has 116 valence electrons. The molecule has 1 aromatic rings. The maximum absolute atomic E-state index is 12.1. The van der Waals surface area contributed by atoms with Crippen molar-refractivity contribution in [1.82, 2.24) is 5.32 Å². The van der Waals surface area contributed by atoms with Crippen molar-refractivity contribution in [2.75, 3.05) is 6.54 Å². The summed E-state index contributed by atoms with van der Waals surface area (Å²) in [6, 6.07) is 8.45. The quantitative estimate of drug-likeness (QED) is 0.845. The molecule has 21 heavy (non-hydrogen) atoms. The molecule has 3 heteroatoms. The fourth-order valence-corrected chi connectivity index (χ4v) is 3.13. The molecule has 0 spiro atoms. The minimum atomic E-state index is -0.232. The maximum Gasteiger partial charge on any atom is 0.220 e. The molecule has 0 aromatic heterocycles. The number of rotatable bonds is 6. The number of carbonyl (C=O) groups excluding carboxylic acids is 1. The first kappa shape index (κ1) is 16.0. The summed E-state index contributed by atoms with van der Waals surface area (Å²) in [5.41, 5.74) is 2.48. The zero-order valence-electron chi connectivity index (χ0n) is 13.1. The summed E-state index contributed by atoms with van der Waals surface area (Å²) in [6.45, 7) is 4.81. The number of aliphatic hydroxyl groups is 1. The van der Waals surface area contributed by atoms with Gasteiger partial charge in [-0.15, -0.1) is 0 Å². The number of benzene rings is 1. The Morgan fingerprint density at radius 1 is 1.33 bits per heavy atom. The lowest BCUT2D eigenvalue weighted by Crippen LogP contribution is -2.33. The Labute approximate surface area is 127 Å². The Bertz CT molecular complexity index is 455. The topological polar surface area (TPSA) is 49.3 Å². The molecule has 2 N–H and O–H groups in total. The highest BCUT2D eigenvalue weighted by Gasteiger charge is 2.25. The van der Waals surface area contributed by atoms with Gasteiger partial charge in [-0.2, -0.15) is 0 Å². The molecule has 3 nitrogen and oxygen atoms in total. The van der Waals surface area contributed by atoms with Crippen molar-refractivity contribution < 1.29 is 9.90 Å². The molecule has 2 rings (SSSR count). The molecule has 0 bridgehead atoms. The number of nitrogens with one attached hydrogen (secondary N) is 1. The smallest absolute Gasteiger partial charge is 0.220 e. The third-order valence-electron chi connectivity index (χ3n) is 4.65. The summed E-state index contributed by atoms with van der Waals surface area (Å²) < 4.78 is 0. The molecule has 3 atom stereocenters. The van der Waals surface area contributed by atoms with Crippen LogP contribution in [0.1, 0.15) is 56.1 Å². The van der Waals surface area contributed by atoms with E-state index in [1.54, 1.807) is 0 Å². The van der Waals surface area contributed by atoms with E-state index in [0.29, 0.717) is 13.0 Å². The SMILES string of the molecule is CCC(CC(=O)NCC1CCCC1O)c1ccc(C)cc1. The number of aryl methyl sites for hydroxylation is 1. The van der Waals surface area contributed by atoms with Crippen molar-refractivity contribution >= 4 is 5.91 Å². The van der Waals surface area contributed by atoms with Gasteiger partial charge < -0.3 is 10.4 Å². The van der Waals surface area contributed by atoms with Gasteiger partial charge in [0, 0.05) is 18.9 Å². The number of hydrogen-bond donors (Lipinski definition) is 2. The van der Waals surface area contributed by atoms with E-state index >= 15 is 0 Å². The van der Waals surface area contributed by atoms with Crippen LogP contribution in [0, 0.1) is 12.8 Å². The van der Waals surface area contributed by atoms with Crippen molar-refractivity contribution in [3.8, 4) is 0 Å². The normalized spacial score (nSPS) is 23.0. The van der Waals surface area contributed by atoms with Gasteiger partial charge in [-0.05, 0) is 37.7 Å². The fraction of sp³-hybridized carbons (Fsp3) is 0.611. The van der Waals surface area contributed by atoms with Gasteiger partial charge in [0.15, 0.2) is 0 Å². The van der Waals surface area contributed by atoms with E-state index in [0.717, 1.165) is 25.7 Å². The standard InChI is InChI=1S/C18H27NO2/c1-3-14(15-9-7-13(2)8-10-15)11-18(21)19-12-16-5-4-6-17(16)20/h7-10,14,16-17,20H,3-6,11-12H2,1-2H3,(H,19,21). The Kier molecular flexibility index (Phi) is 5.80. The van der Waals surface area contributed by atoms with Crippen LogP contribution in [0.3, 0.4) is 0 Å². The Hall–Kier alpha value is -1.35. The van der Waals surface area contributed by atoms with E-state index in [1.807, 2.05) is 0 Å². The average molecular weight is 289 g/mol. The summed E-state index contributed by atoms with van der Waals surface area (Å²) in [5, 5.41) is 12.8. The summed E-state index contributed by atoms with van der Waals surface area (Å²) >= 11 is 0. The van der Waals surface area contributed by atoms with E-state index in [-0.39, 0.29) is 23.8 Å². The van der Waals surface area contributed by atoms with Gasteiger partial charge in [0.05, 0.1) is 6.10 Å². The lowest BCUT2D eigenvalue weighted by Gasteiger charge is -2.18. The lowest BCUT2D eigenvalue weighted by atomic mass is 9.92. The molecule has 1 fully saturated rings. The van der Waals surface area contributed by atoms with Crippen LogP contribution < -0.4 is 5.32 Å². The number of amides is 1. The minimum absolute atomic E-state index is 0.0986. The van der Waals surface area contributed by atoms with Crippen molar-refractivity contribution in [2.24, 2.45) is 5.92 Å². The molecule has 0 heterocycles. The van der Waals surface area contributed by atoms with Crippen molar-refractivity contribution in [3.05, 3.63) is 35.4 Å². The largest absolute Gasteiger partial charge is 0.393 e. The molecular formula is C18H27NO2. The minimum Gasteiger partial charge on any atom is -0.393 e. The molecule has 0 saturated heterocycles. The van der Waals surface area contributed by atoms with Gasteiger partial charge in [-0.25, -0.2) is 0 Å². The second kappa shape index (κ2) is 7.60. The molecule has 0 aliphatic heterocycles. The van der Waals surface area contributed by atoms with Crippen LogP contribution >= 0.6 is 0 Å². The van der Waals surface area contributed by atoms with Crippen LogP contribution in [0.15, 0.2) is 24.3 Å². The fourth-order valence-electron chi connectivity index (χ4n) is 3.13. The molecular weight excluding hydrogens is 262 g/mol. The van der Waals surface area contributed by atoms with E-state index in [9.17, 15) is 9.90 Å². The summed E-state index contributed by atoms with van der Waals surface area (Å²) in [4.78, 5) is 12.1. The number of aliphatic hydroxyl groups excluding tert-OH is 1. The maximum atomic E-state index is 12.1. The Morgan fingerprint density at radius 3 is 2.62 bits per heavy atom. The Balaban J connectivity index is 1.83. The van der Waals surface area contributed by atoms with E-state index < -0.39 is 0 Å². The van der Waals surface area contributed by atoms with Crippen molar-refractivity contribution in [1.29, 1.82) is 0 Å². The van der Waals surface area contributed by atoms with E-state index in [4.69, 9.17) is 0 Å². The summed E-state index contributed by atoms with van der Waals surface area (Å²) in [7, 11) is 0. The second-order valence-electron chi connectivity index (χ2n) is 6.28. The van der Waals surface area contributed by atoms with Gasteiger partial charge in [-0.1, -0.05) is 43.2 Å². The van der Waals surface area contributed by atoms with Gasteiger partial charge in [0.2, 0.25) is 5.91 Å². The molecule has 1 amide bonds. The summed E-state index contributed by atoms with van der Waals surface area (Å²) in [6.07, 6.45) is 4.23. The van der Waals surface area contributed by atoms with Crippen LogP contribution in [-0.2, 0) is 4.79 Å². The average Bonchev–Trinajstić information content (AvgIpc) is 2.89. The van der Waals surface area contributed by atoms with Crippen LogP contribution in [0.4, 0.5) is 0 Å². The van der Waals surface area contributed by atoms with Gasteiger partial charge >= 0.3 is 0 Å². The highest BCUT2D eigenvalue weighted by atomic mass is 16.3. The van der Waals surface area contributed by atoms with Gasteiger partial charge in [0.25, 0.3) is 0 Å². The third kappa shape index (κ3) is 4.57. The first-order valence-electron chi connectivity index (χ1n) is 8.11. The first-order chi connectivity index (χ1) is 10.1.